The van der Waals surface area contributed by atoms with Crippen molar-refractivity contribution in [2.75, 3.05) is 5.73 Å². The number of rotatable bonds is 3. The molecule has 2 rings (SSSR count). The Kier molecular flexibility index (Phi) is 3.84. The van der Waals surface area contributed by atoms with Crippen LogP contribution in [0.2, 0.25) is 0 Å². The van der Waals surface area contributed by atoms with Gasteiger partial charge in [-0.05, 0) is 51.5 Å². The van der Waals surface area contributed by atoms with E-state index in [0.29, 0.717) is 11.3 Å². The Balaban J connectivity index is 2.19. The lowest BCUT2D eigenvalue weighted by atomic mass is 10.0. The Morgan fingerprint density at radius 2 is 2.00 bits per heavy atom. The van der Waals surface area contributed by atoms with E-state index >= 15 is 0 Å². The predicted octanol–water partition coefficient (Wildman–Crippen LogP) is 3.28. The smallest absolute Gasteiger partial charge is 0.252 e. The van der Waals surface area contributed by atoms with Gasteiger partial charge in [0.1, 0.15) is 11.5 Å². The molecule has 0 aliphatic rings. The third-order valence-electron chi connectivity index (χ3n) is 3.51. The van der Waals surface area contributed by atoms with Gasteiger partial charge in [0.25, 0.3) is 5.91 Å². The predicted molar refractivity (Wildman–Crippen MR) is 79.7 cm³/mol. The van der Waals surface area contributed by atoms with Crippen molar-refractivity contribution in [1.82, 2.24) is 5.32 Å². The van der Waals surface area contributed by atoms with Gasteiger partial charge >= 0.3 is 0 Å². The van der Waals surface area contributed by atoms with E-state index in [2.05, 4.69) is 5.32 Å². The van der Waals surface area contributed by atoms with Crippen LogP contribution in [0.4, 0.5) is 5.69 Å². The first-order chi connectivity index (χ1) is 9.40. The highest BCUT2D eigenvalue weighted by atomic mass is 16.3. The minimum atomic E-state index is -0.124. The van der Waals surface area contributed by atoms with E-state index in [1.807, 2.05) is 33.8 Å². The van der Waals surface area contributed by atoms with Crippen LogP contribution in [0.1, 0.15) is 46.0 Å². The van der Waals surface area contributed by atoms with Crippen molar-refractivity contribution in [1.29, 1.82) is 0 Å². The van der Waals surface area contributed by atoms with Crippen LogP contribution in [-0.4, -0.2) is 5.91 Å². The van der Waals surface area contributed by atoms with E-state index in [-0.39, 0.29) is 11.9 Å². The van der Waals surface area contributed by atoms with E-state index in [1.54, 1.807) is 18.2 Å². The second-order valence-electron chi connectivity index (χ2n) is 5.08. The third-order valence-corrected chi connectivity index (χ3v) is 3.51. The number of nitrogens with one attached hydrogen (secondary N) is 1. The van der Waals surface area contributed by atoms with Crippen molar-refractivity contribution in [2.24, 2.45) is 0 Å². The Morgan fingerprint density at radius 3 is 2.60 bits per heavy atom. The molecule has 1 heterocycles. The van der Waals surface area contributed by atoms with Gasteiger partial charge in [-0.25, -0.2) is 0 Å². The van der Waals surface area contributed by atoms with Crippen LogP contribution in [0.3, 0.4) is 0 Å². The van der Waals surface area contributed by atoms with E-state index in [4.69, 9.17) is 10.2 Å². The zero-order chi connectivity index (χ0) is 14.9. The molecule has 1 aromatic carbocycles. The van der Waals surface area contributed by atoms with Gasteiger partial charge in [-0.1, -0.05) is 6.07 Å². The molecule has 0 aliphatic carbocycles. The number of hydrogen-bond acceptors (Lipinski definition) is 3. The topological polar surface area (TPSA) is 68.3 Å². The Labute approximate surface area is 119 Å². The molecule has 1 unspecified atom stereocenters. The molecule has 1 aromatic heterocycles. The molecule has 0 aliphatic heterocycles. The molecule has 20 heavy (non-hydrogen) atoms. The molecule has 2 aromatic rings. The SMILES string of the molecule is Cc1cc(C(C)NC(=O)c2cccc(N)c2C)c(C)o1. The van der Waals surface area contributed by atoms with Gasteiger partial charge < -0.3 is 15.5 Å². The maximum Gasteiger partial charge on any atom is 0.252 e. The Hall–Kier alpha value is -2.23. The maximum atomic E-state index is 12.3. The first kappa shape index (κ1) is 14.2. The summed E-state index contributed by atoms with van der Waals surface area (Å²) < 4.78 is 5.49. The fourth-order valence-electron chi connectivity index (χ4n) is 2.33. The average Bonchev–Trinajstić information content (AvgIpc) is 2.71. The number of furan rings is 1. The summed E-state index contributed by atoms with van der Waals surface area (Å²) in [4.78, 5) is 12.3. The molecule has 4 heteroatoms. The van der Waals surface area contributed by atoms with Crippen molar-refractivity contribution < 1.29 is 9.21 Å². The fourth-order valence-corrected chi connectivity index (χ4v) is 2.33. The lowest BCUT2D eigenvalue weighted by molar-refractivity contribution is 0.0939. The molecule has 0 bridgehead atoms. The quantitative estimate of drug-likeness (QED) is 0.842. The molecule has 1 atom stereocenters. The number of hydrogen-bond donors (Lipinski definition) is 2. The summed E-state index contributed by atoms with van der Waals surface area (Å²) in [6.45, 7) is 7.59. The number of carbonyl (C=O) groups is 1. The number of carbonyl (C=O) groups excluding carboxylic acids is 1. The molecule has 1 amide bonds. The molecule has 0 saturated heterocycles. The van der Waals surface area contributed by atoms with Gasteiger partial charge in [0.15, 0.2) is 0 Å². The third kappa shape index (κ3) is 2.69. The zero-order valence-electron chi connectivity index (χ0n) is 12.3. The second-order valence-corrected chi connectivity index (χ2v) is 5.08. The summed E-state index contributed by atoms with van der Waals surface area (Å²) in [6, 6.07) is 7.20. The molecule has 0 radical (unpaired) electrons. The molecule has 0 fully saturated rings. The van der Waals surface area contributed by atoms with Crippen molar-refractivity contribution in [3.63, 3.8) is 0 Å². The Morgan fingerprint density at radius 1 is 1.30 bits per heavy atom. The van der Waals surface area contributed by atoms with Gasteiger partial charge in [-0.3, -0.25) is 4.79 Å². The summed E-state index contributed by atoms with van der Waals surface area (Å²) in [5, 5.41) is 2.98. The standard InChI is InChI=1S/C16H20N2O2/c1-9-8-14(12(4)20-9)11(3)18-16(19)13-6-5-7-15(17)10(13)2/h5-8,11H,17H2,1-4H3,(H,18,19). The van der Waals surface area contributed by atoms with Crippen LogP contribution in [0, 0.1) is 20.8 Å². The van der Waals surface area contributed by atoms with E-state index in [9.17, 15) is 4.79 Å². The largest absolute Gasteiger partial charge is 0.466 e. The van der Waals surface area contributed by atoms with Gasteiger partial charge in [0.05, 0.1) is 6.04 Å². The minimum absolute atomic E-state index is 0.110. The van der Waals surface area contributed by atoms with Gasteiger partial charge in [-0.15, -0.1) is 0 Å². The molecule has 3 N–H and O–H groups in total. The maximum absolute atomic E-state index is 12.3. The van der Waals surface area contributed by atoms with Crippen LogP contribution in [0.15, 0.2) is 28.7 Å². The number of nitrogens with two attached hydrogens (primary N) is 1. The summed E-state index contributed by atoms with van der Waals surface area (Å²) >= 11 is 0. The number of aryl methyl sites for hydroxylation is 2. The molecule has 0 spiro atoms. The number of anilines is 1. The number of amides is 1. The van der Waals surface area contributed by atoms with Crippen molar-refractivity contribution in [3.05, 3.63) is 52.5 Å². The summed E-state index contributed by atoms with van der Waals surface area (Å²) in [6.07, 6.45) is 0. The summed E-state index contributed by atoms with van der Waals surface area (Å²) in [5.74, 6) is 1.55. The van der Waals surface area contributed by atoms with Crippen LogP contribution in [0.25, 0.3) is 0 Å². The van der Waals surface area contributed by atoms with Crippen LogP contribution in [0.5, 0.6) is 0 Å². The average molecular weight is 272 g/mol. The fraction of sp³-hybridized carbons (Fsp3) is 0.312. The molecule has 0 saturated carbocycles. The zero-order valence-corrected chi connectivity index (χ0v) is 12.3. The van der Waals surface area contributed by atoms with E-state index in [1.165, 1.54) is 0 Å². The summed E-state index contributed by atoms with van der Waals surface area (Å²) in [5.41, 5.74) is 8.87. The van der Waals surface area contributed by atoms with Crippen molar-refractivity contribution in [2.45, 2.75) is 33.7 Å². The van der Waals surface area contributed by atoms with Gasteiger partial charge in [-0.2, -0.15) is 0 Å². The van der Waals surface area contributed by atoms with Crippen LogP contribution >= 0.6 is 0 Å². The van der Waals surface area contributed by atoms with Crippen LogP contribution in [-0.2, 0) is 0 Å². The van der Waals surface area contributed by atoms with Crippen LogP contribution < -0.4 is 11.1 Å². The van der Waals surface area contributed by atoms with E-state index < -0.39 is 0 Å². The van der Waals surface area contributed by atoms with Gasteiger partial charge in [0.2, 0.25) is 0 Å². The number of benzene rings is 1. The first-order valence-electron chi connectivity index (χ1n) is 6.63. The van der Waals surface area contributed by atoms with Crippen molar-refractivity contribution in [3.8, 4) is 0 Å². The number of nitrogen functional groups attached to an aromatic ring is 1. The highest BCUT2D eigenvalue weighted by Gasteiger charge is 2.17. The molecule has 106 valence electrons. The first-order valence-corrected chi connectivity index (χ1v) is 6.63. The van der Waals surface area contributed by atoms with E-state index in [0.717, 1.165) is 22.6 Å². The molecular formula is C16H20N2O2. The normalized spacial score (nSPS) is 12.2. The summed E-state index contributed by atoms with van der Waals surface area (Å²) in [7, 11) is 0. The monoisotopic (exact) mass is 272 g/mol. The lowest BCUT2D eigenvalue weighted by Gasteiger charge is -2.15. The highest BCUT2D eigenvalue weighted by molar-refractivity contribution is 5.97. The molecular weight excluding hydrogens is 252 g/mol. The second kappa shape index (κ2) is 5.41. The van der Waals surface area contributed by atoms with Gasteiger partial charge in [0, 0.05) is 16.8 Å². The lowest BCUT2D eigenvalue weighted by Crippen LogP contribution is -2.27. The highest BCUT2D eigenvalue weighted by Crippen LogP contribution is 2.22. The minimum Gasteiger partial charge on any atom is -0.466 e. The van der Waals surface area contributed by atoms with Crippen molar-refractivity contribution >= 4 is 11.6 Å². The molecule has 4 nitrogen and oxygen atoms in total. The Bertz CT molecular complexity index is 644.